The Bertz CT molecular complexity index is 712. The molecule has 0 saturated heterocycles. The zero-order valence-electron chi connectivity index (χ0n) is 22.1. The van der Waals surface area contributed by atoms with Gasteiger partial charge in [0.05, 0.1) is 25.1 Å². The predicted octanol–water partition coefficient (Wildman–Crippen LogP) is 8.40. The Labute approximate surface area is 209 Å². The average molecular weight is 471 g/mol. The molecule has 4 heteroatoms. The highest BCUT2D eigenvalue weighted by Crippen LogP contribution is 2.40. The fraction of sp³-hybridized carbons (Fsp3) is 0.767. The van der Waals surface area contributed by atoms with E-state index in [1.54, 1.807) is 0 Å². The number of nitrogens with zero attached hydrogens (tertiary/aromatic N) is 1. The van der Waals surface area contributed by atoms with Gasteiger partial charge >= 0.3 is 0 Å². The monoisotopic (exact) mass is 470 g/mol. The van der Waals surface area contributed by atoms with E-state index in [9.17, 15) is 0 Å². The standard InChI is InChI=1S/C30H50N2O2/c1-3-22-33-26-19-20-27(28(24-26)34-23-4-2)30(25-16-13-14-17-25)32-29-18-12-10-8-6-5-7-9-11-15-21-31-29/h19-20,24-25,30H,3-18,21-23H2,1-2H3,(H,31,32). The van der Waals surface area contributed by atoms with E-state index in [4.69, 9.17) is 14.5 Å². The van der Waals surface area contributed by atoms with Gasteiger partial charge < -0.3 is 14.8 Å². The zero-order chi connectivity index (χ0) is 23.8. The van der Waals surface area contributed by atoms with Crippen molar-refractivity contribution in [1.29, 1.82) is 0 Å². The Morgan fingerprint density at radius 3 is 2.18 bits per heavy atom. The zero-order valence-corrected chi connectivity index (χ0v) is 22.1. The molecular formula is C30H50N2O2. The highest BCUT2D eigenvalue weighted by Gasteiger charge is 2.29. The topological polar surface area (TPSA) is 42.8 Å². The van der Waals surface area contributed by atoms with Crippen molar-refractivity contribution in [1.82, 2.24) is 5.32 Å². The minimum absolute atomic E-state index is 0.268. The Morgan fingerprint density at radius 1 is 0.824 bits per heavy atom. The first-order valence-corrected chi connectivity index (χ1v) is 14.5. The van der Waals surface area contributed by atoms with E-state index in [0.29, 0.717) is 5.92 Å². The predicted molar refractivity (Wildman–Crippen MR) is 144 cm³/mol. The van der Waals surface area contributed by atoms with Crippen molar-refractivity contribution in [3.05, 3.63) is 23.8 Å². The van der Waals surface area contributed by atoms with Gasteiger partial charge in [0.2, 0.25) is 0 Å². The lowest BCUT2D eigenvalue weighted by atomic mass is 9.90. The van der Waals surface area contributed by atoms with Gasteiger partial charge in [-0.1, -0.05) is 71.6 Å². The van der Waals surface area contributed by atoms with Crippen molar-refractivity contribution in [2.75, 3.05) is 19.8 Å². The normalized spacial score (nSPS) is 19.9. The van der Waals surface area contributed by atoms with Gasteiger partial charge in [0.1, 0.15) is 11.5 Å². The molecule has 1 fully saturated rings. The molecule has 0 spiro atoms. The van der Waals surface area contributed by atoms with E-state index in [-0.39, 0.29) is 6.04 Å². The second kappa shape index (κ2) is 16.1. The second-order valence-electron chi connectivity index (χ2n) is 10.3. The van der Waals surface area contributed by atoms with E-state index in [2.05, 4.69) is 37.4 Å². The van der Waals surface area contributed by atoms with Crippen LogP contribution in [0.2, 0.25) is 0 Å². The molecule has 0 bridgehead atoms. The van der Waals surface area contributed by atoms with Crippen LogP contribution in [0.5, 0.6) is 11.5 Å². The Morgan fingerprint density at radius 2 is 1.47 bits per heavy atom. The third-order valence-corrected chi connectivity index (χ3v) is 7.32. The number of nitrogens with one attached hydrogen (secondary N) is 1. The maximum Gasteiger partial charge on any atom is 0.128 e. The van der Waals surface area contributed by atoms with E-state index >= 15 is 0 Å². The van der Waals surface area contributed by atoms with Crippen molar-refractivity contribution in [3.63, 3.8) is 0 Å². The maximum absolute atomic E-state index is 6.30. The highest BCUT2D eigenvalue weighted by atomic mass is 16.5. The van der Waals surface area contributed by atoms with E-state index < -0.39 is 0 Å². The number of benzene rings is 1. The quantitative estimate of drug-likeness (QED) is 0.394. The fourth-order valence-corrected chi connectivity index (χ4v) is 5.39. The molecule has 0 radical (unpaired) electrons. The lowest BCUT2D eigenvalue weighted by molar-refractivity contribution is 0.292. The maximum atomic E-state index is 6.30. The molecule has 1 saturated carbocycles. The van der Waals surface area contributed by atoms with Crippen LogP contribution in [0, 0.1) is 5.92 Å². The van der Waals surface area contributed by atoms with Gasteiger partial charge in [-0.05, 0) is 56.6 Å². The smallest absolute Gasteiger partial charge is 0.128 e. The van der Waals surface area contributed by atoms with Crippen molar-refractivity contribution >= 4 is 5.84 Å². The third kappa shape index (κ3) is 9.15. The number of ether oxygens (including phenoxy) is 2. The molecular weight excluding hydrogens is 420 g/mol. The van der Waals surface area contributed by atoms with Crippen LogP contribution in [0.1, 0.15) is 128 Å². The Hall–Kier alpha value is -1.71. The lowest BCUT2D eigenvalue weighted by Gasteiger charge is -2.29. The summed E-state index contributed by atoms with van der Waals surface area (Å²) >= 11 is 0. The summed E-state index contributed by atoms with van der Waals surface area (Å²) in [7, 11) is 0. The molecule has 1 heterocycles. The molecule has 1 unspecified atom stereocenters. The van der Waals surface area contributed by atoms with Gasteiger partial charge in [0, 0.05) is 24.6 Å². The summed E-state index contributed by atoms with van der Waals surface area (Å²) in [5.74, 6) is 3.77. The van der Waals surface area contributed by atoms with Crippen LogP contribution in [-0.2, 0) is 0 Å². The number of rotatable bonds is 9. The SMILES string of the molecule is CCCOc1ccc(C(NC2=NCCCCCCCCCCC2)C2CCCC2)c(OCCC)c1. The van der Waals surface area contributed by atoms with Crippen molar-refractivity contribution in [3.8, 4) is 11.5 Å². The van der Waals surface area contributed by atoms with Gasteiger partial charge in [-0.25, -0.2) is 0 Å². The summed E-state index contributed by atoms with van der Waals surface area (Å²) in [6.45, 7) is 6.76. The second-order valence-corrected chi connectivity index (χ2v) is 10.3. The van der Waals surface area contributed by atoms with Gasteiger partial charge in [-0.15, -0.1) is 0 Å². The third-order valence-electron chi connectivity index (χ3n) is 7.32. The van der Waals surface area contributed by atoms with Gasteiger partial charge in [-0.2, -0.15) is 0 Å². The number of hydrogen-bond donors (Lipinski definition) is 1. The van der Waals surface area contributed by atoms with Crippen LogP contribution in [0.15, 0.2) is 23.2 Å². The Balaban J connectivity index is 1.81. The summed E-state index contributed by atoms with van der Waals surface area (Å²) in [6.07, 6.45) is 20.4. The van der Waals surface area contributed by atoms with Gasteiger partial charge in [0.25, 0.3) is 0 Å². The first-order valence-electron chi connectivity index (χ1n) is 14.5. The van der Waals surface area contributed by atoms with Crippen LogP contribution in [-0.4, -0.2) is 25.6 Å². The molecule has 3 rings (SSSR count). The molecule has 0 aromatic heterocycles. The summed E-state index contributed by atoms with van der Waals surface area (Å²) < 4.78 is 12.3. The molecule has 4 nitrogen and oxygen atoms in total. The number of amidine groups is 1. The summed E-state index contributed by atoms with van der Waals surface area (Å²) in [5, 5.41) is 3.99. The van der Waals surface area contributed by atoms with E-state index in [0.717, 1.165) is 50.5 Å². The molecule has 0 amide bonds. The molecule has 1 aromatic carbocycles. The molecule has 192 valence electrons. The molecule has 1 aromatic rings. The molecule has 34 heavy (non-hydrogen) atoms. The van der Waals surface area contributed by atoms with Gasteiger partial charge in [0.15, 0.2) is 0 Å². The first kappa shape index (κ1) is 26.9. The van der Waals surface area contributed by atoms with E-state index in [1.165, 1.54) is 94.9 Å². The summed E-state index contributed by atoms with van der Waals surface area (Å²) in [4.78, 5) is 5.11. The van der Waals surface area contributed by atoms with Crippen LogP contribution in [0.25, 0.3) is 0 Å². The largest absolute Gasteiger partial charge is 0.493 e. The summed E-state index contributed by atoms with van der Waals surface area (Å²) in [6, 6.07) is 6.78. The van der Waals surface area contributed by atoms with E-state index in [1.807, 2.05) is 0 Å². The van der Waals surface area contributed by atoms with Crippen LogP contribution < -0.4 is 14.8 Å². The molecule has 1 aliphatic carbocycles. The lowest BCUT2D eigenvalue weighted by Crippen LogP contribution is -2.33. The number of hydrogen-bond acceptors (Lipinski definition) is 4. The minimum atomic E-state index is 0.268. The first-order chi connectivity index (χ1) is 16.8. The highest BCUT2D eigenvalue weighted by molar-refractivity contribution is 5.82. The number of aliphatic imine (C=N–C) groups is 1. The van der Waals surface area contributed by atoms with Crippen LogP contribution in [0.3, 0.4) is 0 Å². The van der Waals surface area contributed by atoms with Crippen molar-refractivity contribution in [2.24, 2.45) is 10.9 Å². The minimum Gasteiger partial charge on any atom is -0.493 e. The van der Waals surface area contributed by atoms with Crippen LogP contribution in [0.4, 0.5) is 0 Å². The van der Waals surface area contributed by atoms with Crippen molar-refractivity contribution in [2.45, 2.75) is 123 Å². The van der Waals surface area contributed by atoms with Crippen LogP contribution >= 0.6 is 0 Å². The Kier molecular flexibility index (Phi) is 12.7. The molecule has 1 atom stereocenters. The fourth-order valence-electron chi connectivity index (χ4n) is 5.39. The molecule has 1 aliphatic heterocycles. The molecule has 1 N–H and O–H groups in total. The summed E-state index contributed by atoms with van der Waals surface area (Å²) in [5.41, 5.74) is 1.29. The molecule has 2 aliphatic rings. The van der Waals surface area contributed by atoms with Crippen molar-refractivity contribution < 1.29 is 9.47 Å². The average Bonchev–Trinajstić information content (AvgIpc) is 3.40. The van der Waals surface area contributed by atoms with Gasteiger partial charge in [-0.3, -0.25) is 4.99 Å².